The van der Waals surface area contributed by atoms with Crippen molar-refractivity contribution >= 4 is 17.9 Å². The molecule has 0 N–H and O–H groups in total. The first-order chi connectivity index (χ1) is 37.0. The lowest BCUT2D eigenvalue weighted by Gasteiger charge is -2.18. The Bertz CT molecular complexity index is 1170. The van der Waals surface area contributed by atoms with Gasteiger partial charge in [-0.05, 0) is 44.9 Å². The molecule has 1 atom stereocenters. The zero-order valence-electron chi connectivity index (χ0n) is 51.1. The molecule has 0 aromatic heterocycles. The molecule has 0 amide bonds. The van der Waals surface area contributed by atoms with Crippen LogP contribution in [0.5, 0.6) is 0 Å². The van der Waals surface area contributed by atoms with Crippen LogP contribution in [0.25, 0.3) is 0 Å². The predicted octanol–water partition coefficient (Wildman–Crippen LogP) is 23.2. The fraction of sp³-hybridized carbons (Fsp3) is 0.928. The molecule has 75 heavy (non-hydrogen) atoms. The molecule has 0 spiro atoms. The predicted molar refractivity (Wildman–Crippen MR) is 326 cm³/mol. The second-order valence-electron chi connectivity index (χ2n) is 23.5. The van der Waals surface area contributed by atoms with Gasteiger partial charge in [0.25, 0.3) is 0 Å². The maximum Gasteiger partial charge on any atom is 0.306 e. The number of carbonyl (C=O) groups excluding carboxylic acids is 3. The third kappa shape index (κ3) is 62.9. The van der Waals surface area contributed by atoms with Gasteiger partial charge in [0.15, 0.2) is 6.10 Å². The lowest BCUT2D eigenvalue weighted by Crippen LogP contribution is -2.30. The first-order valence-electron chi connectivity index (χ1n) is 34.2. The highest BCUT2D eigenvalue weighted by atomic mass is 16.6. The van der Waals surface area contributed by atoms with E-state index in [1.807, 2.05) is 0 Å². The zero-order chi connectivity index (χ0) is 54.3. The van der Waals surface area contributed by atoms with Gasteiger partial charge >= 0.3 is 17.9 Å². The van der Waals surface area contributed by atoms with Gasteiger partial charge in [0.05, 0.1) is 0 Å². The van der Waals surface area contributed by atoms with E-state index in [0.717, 1.165) is 57.8 Å². The second-order valence-corrected chi connectivity index (χ2v) is 23.5. The van der Waals surface area contributed by atoms with Crippen molar-refractivity contribution in [1.82, 2.24) is 0 Å². The van der Waals surface area contributed by atoms with E-state index < -0.39 is 6.10 Å². The molecule has 0 bridgehead atoms. The van der Waals surface area contributed by atoms with Crippen LogP contribution in [-0.4, -0.2) is 37.2 Å². The molecule has 0 heterocycles. The molecule has 0 aliphatic heterocycles. The van der Waals surface area contributed by atoms with E-state index in [1.54, 1.807) is 0 Å². The molecular formula is C69H132O6. The Hall–Kier alpha value is -1.85. The van der Waals surface area contributed by atoms with Crippen molar-refractivity contribution in [2.45, 2.75) is 399 Å². The Kier molecular flexibility index (Phi) is 63.1. The summed E-state index contributed by atoms with van der Waals surface area (Å²) in [5.74, 6) is -0.833. The fourth-order valence-corrected chi connectivity index (χ4v) is 10.6. The summed E-state index contributed by atoms with van der Waals surface area (Å²) >= 11 is 0. The Morgan fingerprint density at radius 2 is 0.440 bits per heavy atom. The summed E-state index contributed by atoms with van der Waals surface area (Å²) in [6.45, 7) is 6.73. The normalized spacial score (nSPS) is 12.0. The summed E-state index contributed by atoms with van der Waals surface area (Å²) < 4.78 is 17.0. The molecule has 0 rings (SSSR count). The molecule has 0 aromatic carbocycles. The number of esters is 3. The van der Waals surface area contributed by atoms with Crippen molar-refractivity contribution in [2.24, 2.45) is 0 Å². The van der Waals surface area contributed by atoms with Gasteiger partial charge in [-0.1, -0.05) is 341 Å². The number of unbranched alkanes of at least 4 members (excludes halogenated alkanes) is 51. The lowest BCUT2D eigenvalue weighted by molar-refractivity contribution is -0.167. The van der Waals surface area contributed by atoms with Gasteiger partial charge in [0.2, 0.25) is 0 Å². The minimum Gasteiger partial charge on any atom is -0.462 e. The minimum absolute atomic E-state index is 0.0643. The molecule has 0 saturated carbocycles. The van der Waals surface area contributed by atoms with Gasteiger partial charge in [-0.25, -0.2) is 0 Å². The SMILES string of the molecule is CCCCCCCCCC/C=C\CCCCCCCCCC(=O)OCC(COC(=O)CCCCCCCCCCCCCCCCCCCCC)OC(=O)CCCCCCCCCCCCCCCCCCCCC. The summed E-state index contributed by atoms with van der Waals surface area (Å²) in [4.78, 5) is 38.4. The van der Waals surface area contributed by atoms with Crippen LogP contribution in [0.2, 0.25) is 0 Å². The fourth-order valence-electron chi connectivity index (χ4n) is 10.6. The van der Waals surface area contributed by atoms with Gasteiger partial charge in [-0.15, -0.1) is 0 Å². The Morgan fingerprint density at radius 1 is 0.253 bits per heavy atom. The number of allylic oxidation sites excluding steroid dienone is 2. The molecule has 0 aromatic rings. The number of carbonyl (C=O) groups is 3. The van der Waals surface area contributed by atoms with Crippen molar-refractivity contribution in [3.05, 3.63) is 12.2 Å². The van der Waals surface area contributed by atoms with Gasteiger partial charge in [0, 0.05) is 19.3 Å². The van der Waals surface area contributed by atoms with Crippen molar-refractivity contribution in [3.8, 4) is 0 Å². The maximum atomic E-state index is 12.9. The average molecular weight is 1060 g/mol. The van der Waals surface area contributed by atoms with Gasteiger partial charge < -0.3 is 14.2 Å². The van der Waals surface area contributed by atoms with Crippen molar-refractivity contribution < 1.29 is 28.6 Å². The third-order valence-electron chi connectivity index (χ3n) is 15.8. The number of rotatable bonds is 64. The summed E-state index contributed by atoms with van der Waals surface area (Å²) in [6.07, 6.45) is 76.5. The molecule has 1 unspecified atom stereocenters. The number of ether oxygens (including phenoxy) is 3. The smallest absolute Gasteiger partial charge is 0.306 e. The van der Waals surface area contributed by atoms with Crippen LogP contribution in [0, 0.1) is 0 Å². The maximum absolute atomic E-state index is 12.9. The average Bonchev–Trinajstić information content (AvgIpc) is 3.41. The van der Waals surface area contributed by atoms with Crippen LogP contribution >= 0.6 is 0 Å². The molecule has 0 radical (unpaired) electrons. The Labute approximate surface area is 469 Å². The summed E-state index contributed by atoms with van der Waals surface area (Å²) in [5, 5.41) is 0. The largest absolute Gasteiger partial charge is 0.462 e. The van der Waals surface area contributed by atoms with Crippen LogP contribution < -0.4 is 0 Å². The van der Waals surface area contributed by atoms with E-state index in [4.69, 9.17) is 14.2 Å². The van der Waals surface area contributed by atoms with Crippen molar-refractivity contribution in [3.63, 3.8) is 0 Å². The van der Waals surface area contributed by atoms with Crippen molar-refractivity contribution in [2.75, 3.05) is 13.2 Å². The molecular weight excluding hydrogens is 925 g/mol. The van der Waals surface area contributed by atoms with E-state index in [2.05, 4.69) is 32.9 Å². The molecule has 6 heteroatoms. The summed E-state index contributed by atoms with van der Waals surface area (Å²) in [6, 6.07) is 0. The van der Waals surface area contributed by atoms with Crippen LogP contribution in [0.1, 0.15) is 393 Å². The molecule has 0 fully saturated rings. The standard InChI is InChI=1S/C69H132O6/c1-4-7-10-13-16-19-22-25-28-31-34-37-40-43-46-49-52-55-58-61-67(70)73-64-66(75-69(72)63-60-57-54-51-48-45-42-39-36-33-30-27-24-21-18-15-12-9-6-3)65-74-68(71)62-59-56-53-50-47-44-41-38-35-32-29-26-23-20-17-14-11-8-5-2/h31,34,66H,4-30,32-33,35-65H2,1-3H3/b34-31-. The number of hydrogen-bond donors (Lipinski definition) is 0. The van der Waals surface area contributed by atoms with Crippen LogP contribution in [0.15, 0.2) is 12.2 Å². The van der Waals surface area contributed by atoms with E-state index in [1.165, 1.54) is 295 Å². The monoisotopic (exact) mass is 1060 g/mol. The third-order valence-corrected chi connectivity index (χ3v) is 15.8. The molecule has 444 valence electrons. The van der Waals surface area contributed by atoms with Gasteiger partial charge in [-0.3, -0.25) is 14.4 Å². The van der Waals surface area contributed by atoms with Crippen LogP contribution in [-0.2, 0) is 28.6 Å². The lowest BCUT2D eigenvalue weighted by atomic mass is 10.0. The van der Waals surface area contributed by atoms with E-state index in [9.17, 15) is 14.4 Å². The first kappa shape index (κ1) is 73.2. The van der Waals surface area contributed by atoms with E-state index >= 15 is 0 Å². The molecule has 6 nitrogen and oxygen atoms in total. The van der Waals surface area contributed by atoms with E-state index in [0.29, 0.717) is 19.3 Å². The minimum atomic E-state index is -0.768. The highest BCUT2D eigenvalue weighted by Crippen LogP contribution is 2.19. The summed E-state index contributed by atoms with van der Waals surface area (Å²) in [5.41, 5.74) is 0. The Morgan fingerprint density at radius 3 is 0.667 bits per heavy atom. The molecule has 0 aliphatic rings. The molecule has 0 saturated heterocycles. The zero-order valence-corrected chi connectivity index (χ0v) is 51.1. The quantitative estimate of drug-likeness (QED) is 0.0261. The second kappa shape index (κ2) is 64.7. The summed E-state index contributed by atoms with van der Waals surface area (Å²) in [7, 11) is 0. The first-order valence-corrected chi connectivity index (χ1v) is 34.2. The topological polar surface area (TPSA) is 78.9 Å². The van der Waals surface area contributed by atoms with E-state index in [-0.39, 0.29) is 31.1 Å². The Balaban J connectivity index is 4.30. The highest BCUT2D eigenvalue weighted by molar-refractivity contribution is 5.71. The van der Waals surface area contributed by atoms with Crippen LogP contribution in [0.3, 0.4) is 0 Å². The van der Waals surface area contributed by atoms with Gasteiger partial charge in [0.1, 0.15) is 13.2 Å². The van der Waals surface area contributed by atoms with Gasteiger partial charge in [-0.2, -0.15) is 0 Å². The number of hydrogen-bond acceptors (Lipinski definition) is 6. The van der Waals surface area contributed by atoms with Crippen LogP contribution in [0.4, 0.5) is 0 Å². The van der Waals surface area contributed by atoms with Crippen molar-refractivity contribution in [1.29, 1.82) is 0 Å². The highest BCUT2D eigenvalue weighted by Gasteiger charge is 2.19. The molecule has 0 aliphatic carbocycles.